The van der Waals surface area contributed by atoms with E-state index in [1.807, 2.05) is 0 Å². The van der Waals surface area contributed by atoms with Crippen molar-refractivity contribution in [3.63, 3.8) is 0 Å². The lowest BCUT2D eigenvalue weighted by Crippen LogP contribution is -2.35. The molecule has 1 aromatic carbocycles. The van der Waals surface area contributed by atoms with Crippen molar-refractivity contribution in [3.05, 3.63) is 34.4 Å². The summed E-state index contributed by atoms with van der Waals surface area (Å²) in [7, 11) is 0. The monoisotopic (exact) mass is 458 g/mol. The third kappa shape index (κ3) is 8.08. The number of aliphatic carboxylic acids is 1. The Labute approximate surface area is 201 Å². The van der Waals surface area contributed by atoms with Crippen LogP contribution in [0.5, 0.6) is 11.5 Å². The normalized spacial score (nSPS) is 18.9. The fourth-order valence-electron chi connectivity index (χ4n) is 4.68. The van der Waals surface area contributed by atoms with E-state index in [1.54, 1.807) is 0 Å². The number of carboxylic acids is 1. The first-order valence-corrected chi connectivity index (χ1v) is 12.9. The highest BCUT2D eigenvalue weighted by Crippen LogP contribution is 2.44. The van der Waals surface area contributed by atoms with E-state index in [4.69, 9.17) is 14.6 Å². The van der Waals surface area contributed by atoms with Gasteiger partial charge in [-0.3, -0.25) is 4.79 Å². The smallest absolute Gasteiger partial charge is 0.303 e. The standard InChI is InChI=1S/C29H46O4/c1-20(2)12-10-13-21(3)14-11-17-29(7)18-16-25-24(6)27(22(4)23(5)28(25)33-29)32-19-9-8-15-26(30)31/h11,17,20-21H,8-10,12-16,18-19H2,1-7H3,(H,30,31). The predicted octanol–water partition coefficient (Wildman–Crippen LogP) is 7.74. The Balaban J connectivity index is 2.02. The van der Waals surface area contributed by atoms with Crippen LogP contribution in [0.4, 0.5) is 0 Å². The van der Waals surface area contributed by atoms with Gasteiger partial charge in [0.1, 0.15) is 17.1 Å². The maximum atomic E-state index is 10.7. The highest BCUT2D eigenvalue weighted by Gasteiger charge is 2.32. The van der Waals surface area contributed by atoms with Gasteiger partial charge in [0.2, 0.25) is 0 Å². The molecule has 1 heterocycles. The van der Waals surface area contributed by atoms with Crippen LogP contribution in [0, 0.1) is 32.6 Å². The van der Waals surface area contributed by atoms with Gasteiger partial charge in [-0.1, -0.05) is 46.1 Å². The van der Waals surface area contributed by atoms with Gasteiger partial charge in [-0.05, 0) is 94.4 Å². The van der Waals surface area contributed by atoms with Crippen molar-refractivity contribution in [2.24, 2.45) is 11.8 Å². The zero-order chi connectivity index (χ0) is 24.6. The summed E-state index contributed by atoms with van der Waals surface area (Å²) in [6.07, 6.45) is 13.2. The second-order valence-electron chi connectivity index (χ2n) is 10.7. The lowest BCUT2D eigenvalue weighted by Gasteiger charge is -2.36. The minimum absolute atomic E-state index is 0.196. The molecule has 0 spiro atoms. The van der Waals surface area contributed by atoms with Gasteiger partial charge in [0.25, 0.3) is 0 Å². The van der Waals surface area contributed by atoms with Gasteiger partial charge >= 0.3 is 5.97 Å². The second-order valence-corrected chi connectivity index (χ2v) is 10.7. The third-order valence-corrected chi connectivity index (χ3v) is 7.04. The molecular formula is C29H46O4. The number of hydrogen-bond donors (Lipinski definition) is 1. The van der Waals surface area contributed by atoms with E-state index in [9.17, 15) is 4.79 Å². The third-order valence-electron chi connectivity index (χ3n) is 7.04. The number of hydrogen-bond acceptors (Lipinski definition) is 3. The van der Waals surface area contributed by atoms with Crippen LogP contribution in [0.3, 0.4) is 0 Å². The molecule has 0 saturated heterocycles. The molecule has 4 nitrogen and oxygen atoms in total. The van der Waals surface area contributed by atoms with Crippen LogP contribution in [0.25, 0.3) is 0 Å². The van der Waals surface area contributed by atoms with Gasteiger partial charge in [0, 0.05) is 12.0 Å². The van der Waals surface area contributed by atoms with Crippen LogP contribution >= 0.6 is 0 Å². The van der Waals surface area contributed by atoms with E-state index in [1.165, 1.54) is 24.8 Å². The lowest BCUT2D eigenvalue weighted by atomic mass is 9.86. The molecule has 0 fully saturated rings. The fourth-order valence-corrected chi connectivity index (χ4v) is 4.68. The minimum Gasteiger partial charge on any atom is -0.493 e. The summed E-state index contributed by atoms with van der Waals surface area (Å²) in [6, 6.07) is 0. The molecule has 1 aromatic rings. The number of fused-ring (bicyclic) bond motifs is 1. The van der Waals surface area contributed by atoms with E-state index in [0.717, 1.165) is 59.8 Å². The molecule has 1 aliphatic rings. The molecule has 4 heteroatoms. The highest BCUT2D eigenvalue weighted by molar-refractivity contribution is 5.66. The molecule has 1 N–H and O–H groups in total. The van der Waals surface area contributed by atoms with Crippen molar-refractivity contribution in [2.75, 3.05) is 6.61 Å². The summed E-state index contributed by atoms with van der Waals surface area (Å²) in [5.41, 5.74) is 4.42. The lowest BCUT2D eigenvalue weighted by molar-refractivity contribution is -0.137. The summed E-state index contributed by atoms with van der Waals surface area (Å²) < 4.78 is 12.7. The number of unbranched alkanes of at least 4 members (excludes halogenated alkanes) is 1. The number of allylic oxidation sites excluding steroid dienone is 1. The van der Waals surface area contributed by atoms with Gasteiger partial charge < -0.3 is 14.6 Å². The Morgan fingerprint density at radius 2 is 1.82 bits per heavy atom. The van der Waals surface area contributed by atoms with E-state index in [2.05, 4.69) is 60.6 Å². The summed E-state index contributed by atoms with van der Waals surface area (Å²) >= 11 is 0. The summed E-state index contributed by atoms with van der Waals surface area (Å²) in [5.74, 6) is 2.72. The number of ether oxygens (including phenoxy) is 2. The van der Waals surface area contributed by atoms with Crippen molar-refractivity contribution in [2.45, 2.75) is 112 Å². The molecule has 0 aliphatic carbocycles. The Hall–Kier alpha value is -1.97. The SMILES string of the molecule is Cc1c(C)c2c(c(C)c1OCCCCC(=O)O)CCC(C)(C=CCC(C)CCCC(C)C)O2. The Kier molecular flexibility index (Phi) is 10.3. The van der Waals surface area contributed by atoms with Gasteiger partial charge in [-0.25, -0.2) is 0 Å². The number of carboxylic acid groups (broad SMARTS) is 1. The van der Waals surface area contributed by atoms with Crippen LogP contribution in [-0.4, -0.2) is 23.3 Å². The van der Waals surface area contributed by atoms with Crippen molar-refractivity contribution < 1.29 is 19.4 Å². The van der Waals surface area contributed by atoms with Gasteiger partial charge in [-0.15, -0.1) is 0 Å². The van der Waals surface area contributed by atoms with Crippen LogP contribution in [0.1, 0.15) is 101 Å². The van der Waals surface area contributed by atoms with E-state index < -0.39 is 5.97 Å². The molecule has 2 unspecified atom stereocenters. The molecule has 2 atom stereocenters. The average molecular weight is 459 g/mol. The molecule has 0 radical (unpaired) electrons. The molecule has 2 rings (SSSR count). The van der Waals surface area contributed by atoms with Gasteiger partial charge in [0.05, 0.1) is 6.61 Å². The quantitative estimate of drug-likeness (QED) is 0.243. The molecule has 0 bridgehead atoms. The fraction of sp³-hybridized carbons (Fsp3) is 0.690. The summed E-state index contributed by atoms with van der Waals surface area (Å²) in [5, 5.41) is 8.80. The molecule has 1 aliphatic heterocycles. The van der Waals surface area contributed by atoms with E-state index in [0.29, 0.717) is 18.9 Å². The summed E-state index contributed by atoms with van der Waals surface area (Å²) in [6.45, 7) is 16.0. The van der Waals surface area contributed by atoms with E-state index in [-0.39, 0.29) is 12.0 Å². The van der Waals surface area contributed by atoms with Crippen molar-refractivity contribution >= 4 is 5.97 Å². The molecule has 0 saturated carbocycles. The van der Waals surface area contributed by atoms with Crippen molar-refractivity contribution in [1.82, 2.24) is 0 Å². The maximum absolute atomic E-state index is 10.7. The summed E-state index contributed by atoms with van der Waals surface area (Å²) in [4.78, 5) is 10.7. The second kappa shape index (κ2) is 12.5. The maximum Gasteiger partial charge on any atom is 0.303 e. The molecule has 0 aromatic heterocycles. The minimum atomic E-state index is -0.748. The molecule has 186 valence electrons. The highest BCUT2D eigenvalue weighted by atomic mass is 16.5. The number of carbonyl (C=O) groups is 1. The largest absolute Gasteiger partial charge is 0.493 e. The average Bonchev–Trinajstić information content (AvgIpc) is 2.73. The first-order chi connectivity index (χ1) is 15.5. The number of rotatable bonds is 13. The van der Waals surface area contributed by atoms with Crippen LogP contribution < -0.4 is 9.47 Å². The Bertz CT molecular complexity index is 824. The molecule has 0 amide bonds. The van der Waals surface area contributed by atoms with E-state index >= 15 is 0 Å². The van der Waals surface area contributed by atoms with Crippen LogP contribution in [0.2, 0.25) is 0 Å². The first kappa shape index (κ1) is 27.3. The molecule has 33 heavy (non-hydrogen) atoms. The van der Waals surface area contributed by atoms with Gasteiger partial charge in [0.15, 0.2) is 0 Å². The van der Waals surface area contributed by atoms with Gasteiger partial charge in [-0.2, -0.15) is 0 Å². The van der Waals surface area contributed by atoms with Crippen LogP contribution in [0.15, 0.2) is 12.2 Å². The zero-order valence-electron chi connectivity index (χ0n) is 22.1. The molecular weight excluding hydrogens is 412 g/mol. The number of benzene rings is 1. The topological polar surface area (TPSA) is 55.8 Å². The Morgan fingerprint density at radius 1 is 1.09 bits per heavy atom. The first-order valence-electron chi connectivity index (χ1n) is 12.9. The Morgan fingerprint density at radius 3 is 2.48 bits per heavy atom. The predicted molar refractivity (Wildman–Crippen MR) is 137 cm³/mol. The zero-order valence-corrected chi connectivity index (χ0v) is 22.1. The van der Waals surface area contributed by atoms with Crippen molar-refractivity contribution in [1.29, 1.82) is 0 Å². The van der Waals surface area contributed by atoms with Crippen molar-refractivity contribution in [3.8, 4) is 11.5 Å². The van der Waals surface area contributed by atoms with Crippen LogP contribution in [-0.2, 0) is 11.2 Å².